The molecule has 9 nitrogen and oxygen atoms in total. The number of amides is 1. The standard InChI is InChI=1S/C16H14ClN7O2S/c1-22(2)15-20-13-12(27-15)14-21-24(16(26)23(14)8-18-13)7-11(25)19-10-5-3-4-9(17)6-10/h3-6,8H,7H2,1-2H3,(H,19,25). The van der Waals surface area contributed by atoms with Crippen LogP contribution in [0.1, 0.15) is 0 Å². The van der Waals surface area contributed by atoms with Crippen molar-refractivity contribution >= 4 is 55.7 Å². The minimum Gasteiger partial charge on any atom is -0.354 e. The number of halogens is 1. The van der Waals surface area contributed by atoms with E-state index in [0.717, 1.165) is 9.81 Å². The molecule has 11 heteroatoms. The van der Waals surface area contributed by atoms with Gasteiger partial charge in [-0.05, 0) is 18.2 Å². The molecule has 0 saturated carbocycles. The number of anilines is 2. The molecule has 0 radical (unpaired) electrons. The zero-order valence-electron chi connectivity index (χ0n) is 14.4. The molecule has 0 saturated heterocycles. The van der Waals surface area contributed by atoms with Gasteiger partial charge in [-0.15, -0.1) is 5.10 Å². The summed E-state index contributed by atoms with van der Waals surface area (Å²) in [7, 11) is 3.75. The summed E-state index contributed by atoms with van der Waals surface area (Å²) in [6.07, 6.45) is 1.37. The van der Waals surface area contributed by atoms with Crippen molar-refractivity contribution in [3.63, 3.8) is 0 Å². The number of carbonyl (C=O) groups excluding carboxylic acids is 1. The average Bonchev–Trinajstić information content (AvgIpc) is 3.17. The van der Waals surface area contributed by atoms with Crippen LogP contribution in [0.15, 0.2) is 35.4 Å². The molecule has 0 atom stereocenters. The Labute approximate surface area is 161 Å². The molecule has 138 valence electrons. The first-order chi connectivity index (χ1) is 12.9. The maximum atomic E-state index is 12.6. The van der Waals surface area contributed by atoms with Crippen LogP contribution in [0.2, 0.25) is 5.02 Å². The number of benzene rings is 1. The summed E-state index contributed by atoms with van der Waals surface area (Å²) in [6, 6.07) is 6.77. The van der Waals surface area contributed by atoms with Crippen molar-refractivity contribution in [3.05, 3.63) is 46.1 Å². The lowest BCUT2D eigenvalue weighted by molar-refractivity contribution is -0.117. The van der Waals surface area contributed by atoms with Crippen molar-refractivity contribution < 1.29 is 4.79 Å². The molecule has 4 aromatic rings. The zero-order valence-corrected chi connectivity index (χ0v) is 16.0. The van der Waals surface area contributed by atoms with E-state index in [1.165, 1.54) is 22.1 Å². The van der Waals surface area contributed by atoms with E-state index < -0.39 is 5.69 Å². The molecule has 3 heterocycles. The normalized spacial score (nSPS) is 11.2. The Balaban J connectivity index is 1.67. The van der Waals surface area contributed by atoms with Gasteiger partial charge in [0.1, 0.15) is 17.6 Å². The van der Waals surface area contributed by atoms with Crippen molar-refractivity contribution in [1.82, 2.24) is 24.1 Å². The van der Waals surface area contributed by atoms with Crippen molar-refractivity contribution in [2.75, 3.05) is 24.3 Å². The van der Waals surface area contributed by atoms with Gasteiger partial charge >= 0.3 is 5.69 Å². The Morgan fingerprint density at radius 2 is 2.19 bits per heavy atom. The second-order valence-electron chi connectivity index (χ2n) is 5.98. The number of thiazole rings is 1. The average molecular weight is 404 g/mol. The zero-order chi connectivity index (χ0) is 19.1. The first kappa shape index (κ1) is 17.4. The lowest BCUT2D eigenvalue weighted by Crippen LogP contribution is -2.28. The van der Waals surface area contributed by atoms with Gasteiger partial charge in [0, 0.05) is 24.8 Å². The molecule has 1 N–H and O–H groups in total. The number of nitrogens with zero attached hydrogens (tertiary/aromatic N) is 6. The number of hydrogen-bond donors (Lipinski definition) is 1. The van der Waals surface area contributed by atoms with Crippen LogP contribution in [-0.2, 0) is 11.3 Å². The summed E-state index contributed by atoms with van der Waals surface area (Å²) in [5, 5.41) is 8.26. The van der Waals surface area contributed by atoms with Crippen LogP contribution in [0.5, 0.6) is 0 Å². The van der Waals surface area contributed by atoms with Crippen molar-refractivity contribution in [2.24, 2.45) is 0 Å². The first-order valence-electron chi connectivity index (χ1n) is 7.90. The second kappa shape index (κ2) is 6.63. The minimum atomic E-state index is -0.444. The highest BCUT2D eigenvalue weighted by Gasteiger charge is 2.17. The van der Waals surface area contributed by atoms with Gasteiger partial charge in [-0.2, -0.15) is 4.98 Å². The number of fused-ring (bicyclic) bond motifs is 3. The summed E-state index contributed by atoms with van der Waals surface area (Å²) < 4.78 is 3.10. The van der Waals surface area contributed by atoms with Gasteiger partial charge in [-0.1, -0.05) is 29.0 Å². The monoisotopic (exact) mass is 403 g/mol. The molecule has 0 aliphatic heterocycles. The van der Waals surface area contributed by atoms with Crippen LogP contribution in [0.3, 0.4) is 0 Å². The highest BCUT2D eigenvalue weighted by atomic mass is 35.5. The summed E-state index contributed by atoms with van der Waals surface area (Å²) in [5.41, 5.74) is 1.04. The van der Waals surface area contributed by atoms with Crippen molar-refractivity contribution in [2.45, 2.75) is 6.54 Å². The van der Waals surface area contributed by atoms with E-state index in [9.17, 15) is 9.59 Å². The summed E-state index contributed by atoms with van der Waals surface area (Å²) in [6.45, 7) is -0.228. The fourth-order valence-electron chi connectivity index (χ4n) is 2.52. The van der Waals surface area contributed by atoms with E-state index in [2.05, 4.69) is 20.4 Å². The lowest BCUT2D eigenvalue weighted by atomic mass is 10.3. The molecule has 0 aliphatic carbocycles. The van der Waals surface area contributed by atoms with Crippen LogP contribution in [0.25, 0.3) is 16.0 Å². The predicted octanol–water partition coefficient (Wildman–Crippen LogP) is 1.86. The van der Waals surface area contributed by atoms with E-state index in [1.807, 2.05) is 19.0 Å². The molecule has 3 aromatic heterocycles. The highest BCUT2D eigenvalue weighted by Crippen LogP contribution is 2.28. The summed E-state index contributed by atoms with van der Waals surface area (Å²) >= 11 is 7.29. The number of aromatic nitrogens is 5. The van der Waals surface area contributed by atoms with Gasteiger partial charge in [0.25, 0.3) is 0 Å². The van der Waals surface area contributed by atoms with E-state index in [0.29, 0.717) is 26.7 Å². The number of rotatable bonds is 4. The first-order valence-corrected chi connectivity index (χ1v) is 9.09. The van der Waals surface area contributed by atoms with E-state index in [-0.39, 0.29) is 12.5 Å². The largest absolute Gasteiger partial charge is 0.354 e. The predicted molar refractivity (Wildman–Crippen MR) is 105 cm³/mol. The van der Waals surface area contributed by atoms with E-state index >= 15 is 0 Å². The number of hydrogen-bond acceptors (Lipinski definition) is 7. The van der Waals surface area contributed by atoms with Gasteiger partial charge in [-0.3, -0.25) is 4.79 Å². The maximum absolute atomic E-state index is 12.6. The third-order valence-corrected chi connectivity index (χ3v) is 5.19. The topological polar surface area (TPSA) is 97.4 Å². The third kappa shape index (κ3) is 3.24. The number of nitrogens with one attached hydrogen (secondary N) is 1. The van der Waals surface area contributed by atoms with Crippen LogP contribution in [0, 0.1) is 0 Å². The highest BCUT2D eigenvalue weighted by molar-refractivity contribution is 7.22. The Hall–Kier alpha value is -2.98. The van der Waals surface area contributed by atoms with E-state index in [4.69, 9.17) is 11.6 Å². The quantitative estimate of drug-likeness (QED) is 0.558. The molecule has 0 unspecified atom stereocenters. The van der Waals surface area contributed by atoms with Gasteiger partial charge < -0.3 is 10.2 Å². The SMILES string of the molecule is CN(C)c1nc2ncn3c(=O)n(CC(=O)Nc4cccc(Cl)c4)nc3c2s1. The minimum absolute atomic E-state index is 0.228. The second-order valence-corrected chi connectivity index (χ2v) is 7.39. The molecule has 27 heavy (non-hydrogen) atoms. The van der Waals surface area contributed by atoms with Gasteiger partial charge in [0.05, 0.1) is 0 Å². The van der Waals surface area contributed by atoms with Crippen LogP contribution >= 0.6 is 22.9 Å². The van der Waals surface area contributed by atoms with Gasteiger partial charge in [0.2, 0.25) is 5.91 Å². The Morgan fingerprint density at radius 3 is 2.93 bits per heavy atom. The molecular formula is C16H14ClN7O2S. The molecule has 1 amide bonds. The Morgan fingerprint density at radius 1 is 1.37 bits per heavy atom. The van der Waals surface area contributed by atoms with Crippen LogP contribution < -0.4 is 15.9 Å². The smallest absolute Gasteiger partial charge is 0.352 e. The molecule has 1 aromatic carbocycles. The van der Waals surface area contributed by atoms with E-state index in [1.54, 1.807) is 24.3 Å². The van der Waals surface area contributed by atoms with Crippen molar-refractivity contribution in [3.8, 4) is 0 Å². The van der Waals surface area contributed by atoms with Gasteiger partial charge in [0.15, 0.2) is 16.4 Å². The van der Waals surface area contributed by atoms with Crippen molar-refractivity contribution in [1.29, 1.82) is 0 Å². The van der Waals surface area contributed by atoms with Gasteiger partial charge in [-0.25, -0.2) is 18.9 Å². The lowest BCUT2D eigenvalue weighted by Gasteiger charge is -2.04. The Bertz CT molecular complexity index is 1230. The number of carbonyl (C=O) groups is 1. The van der Waals surface area contributed by atoms with Crippen LogP contribution in [0.4, 0.5) is 10.8 Å². The molecule has 0 bridgehead atoms. The maximum Gasteiger partial charge on any atom is 0.352 e. The fourth-order valence-corrected chi connectivity index (χ4v) is 3.63. The third-order valence-electron chi connectivity index (χ3n) is 3.75. The molecule has 4 rings (SSSR count). The summed E-state index contributed by atoms with van der Waals surface area (Å²) in [4.78, 5) is 35.3. The molecule has 0 fully saturated rings. The summed E-state index contributed by atoms with van der Waals surface area (Å²) in [5.74, 6) is -0.384. The fraction of sp³-hybridized carbons (Fsp3) is 0.188. The molecule has 0 spiro atoms. The Kier molecular flexibility index (Phi) is 4.28. The van der Waals surface area contributed by atoms with Crippen LogP contribution in [-0.4, -0.2) is 44.2 Å². The molecular weight excluding hydrogens is 390 g/mol. The molecule has 0 aliphatic rings.